The van der Waals surface area contributed by atoms with Gasteiger partial charge in [-0.2, -0.15) is 0 Å². The Bertz CT molecular complexity index is 993. The zero-order valence-corrected chi connectivity index (χ0v) is 16.1. The Morgan fingerprint density at radius 2 is 1.21 bits per heavy atom. The van der Waals surface area contributed by atoms with Crippen LogP contribution in [0.5, 0.6) is 5.75 Å². The van der Waals surface area contributed by atoms with E-state index in [1.807, 2.05) is 62.4 Å². The van der Waals surface area contributed by atoms with Gasteiger partial charge < -0.3 is 15.4 Å². The van der Waals surface area contributed by atoms with E-state index < -0.39 is 0 Å². The zero-order valence-electron chi connectivity index (χ0n) is 16.1. The van der Waals surface area contributed by atoms with Crippen LogP contribution in [0.1, 0.15) is 31.8 Å². The van der Waals surface area contributed by atoms with Gasteiger partial charge in [0.2, 0.25) is 0 Å². The summed E-state index contributed by atoms with van der Waals surface area (Å²) < 4.78 is 5.30. The van der Waals surface area contributed by atoms with Gasteiger partial charge in [-0.05, 0) is 56.3 Å². The molecule has 3 aromatic rings. The summed E-state index contributed by atoms with van der Waals surface area (Å²) in [7, 11) is 1.49. The lowest BCUT2D eigenvalue weighted by atomic mass is 10.1. The smallest absolute Gasteiger partial charge is 0.259 e. The van der Waals surface area contributed by atoms with Crippen LogP contribution in [-0.2, 0) is 0 Å². The van der Waals surface area contributed by atoms with Crippen LogP contribution in [-0.4, -0.2) is 18.9 Å². The Morgan fingerprint density at radius 1 is 0.714 bits per heavy atom. The number of aryl methyl sites for hydroxylation is 2. The highest BCUT2D eigenvalue weighted by molar-refractivity contribution is 6.10. The predicted molar refractivity (Wildman–Crippen MR) is 111 cm³/mol. The van der Waals surface area contributed by atoms with Gasteiger partial charge >= 0.3 is 0 Å². The fourth-order valence-corrected chi connectivity index (χ4v) is 2.70. The van der Waals surface area contributed by atoms with Crippen LogP contribution in [0.25, 0.3) is 0 Å². The second-order valence-corrected chi connectivity index (χ2v) is 6.56. The quantitative estimate of drug-likeness (QED) is 0.673. The van der Waals surface area contributed by atoms with Gasteiger partial charge in [0.25, 0.3) is 11.8 Å². The van der Waals surface area contributed by atoms with Crippen molar-refractivity contribution < 1.29 is 14.3 Å². The number of rotatable bonds is 5. The fraction of sp³-hybridized carbons (Fsp3) is 0.130. The average Bonchev–Trinajstić information content (AvgIpc) is 2.70. The SMILES string of the molecule is COc1ccc(C(=O)Nc2ccc(C)cc2)cc1C(=O)Nc1ccc(C)cc1. The van der Waals surface area contributed by atoms with E-state index in [0.29, 0.717) is 28.3 Å². The van der Waals surface area contributed by atoms with Crippen LogP contribution in [0, 0.1) is 13.8 Å². The summed E-state index contributed by atoms with van der Waals surface area (Å²) in [5.74, 6) is -0.238. The molecule has 0 heterocycles. The van der Waals surface area contributed by atoms with Crippen LogP contribution in [0.3, 0.4) is 0 Å². The Balaban J connectivity index is 1.82. The van der Waals surface area contributed by atoms with Crippen LogP contribution in [0.2, 0.25) is 0 Å². The largest absolute Gasteiger partial charge is 0.496 e. The van der Waals surface area contributed by atoms with Crippen molar-refractivity contribution in [3.8, 4) is 5.75 Å². The minimum absolute atomic E-state index is 0.291. The third kappa shape index (κ3) is 4.57. The van der Waals surface area contributed by atoms with E-state index in [1.54, 1.807) is 12.1 Å². The van der Waals surface area contributed by atoms with E-state index >= 15 is 0 Å². The van der Waals surface area contributed by atoms with E-state index in [4.69, 9.17) is 4.74 Å². The lowest BCUT2D eigenvalue weighted by molar-refractivity contribution is 0.102. The molecular weight excluding hydrogens is 352 g/mol. The molecule has 5 nitrogen and oxygen atoms in total. The molecule has 0 aliphatic heterocycles. The topological polar surface area (TPSA) is 67.4 Å². The van der Waals surface area contributed by atoms with E-state index in [1.165, 1.54) is 13.2 Å². The molecule has 0 bridgehead atoms. The standard InChI is InChI=1S/C23H22N2O3/c1-15-4-9-18(10-5-15)24-22(26)17-8-13-21(28-3)20(14-17)23(27)25-19-11-6-16(2)7-12-19/h4-14H,1-3H3,(H,24,26)(H,25,27). The molecule has 3 rings (SSSR count). The van der Waals surface area contributed by atoms with Gasteiger partial charge in [-0.3, -0.25) is 9.59 Å². The number of benzene rings is 3. The van der Waals surface area contributed by atoms with Gasteiger partial charge in [0.05, 0.1) is 12.7 Å². The van der Waals surface area contributed by atoms with Gasteiger partial charge in [-0.25, -0.2) is 0 Å². The molecule has 28 heavy (non-hydrogen) atoms. The molecule has 0 atom stereocenters. The van der Waals surface area contributed by atoms with Crippen molar-refractivity contribution in [3.63, 3.8) is 0 Å². The lowest BCUT2D eigenvalue weighted by Gasteiger charge is -2.12. The Labute approximate surface area is 164 Å². The predicted octanol–water partition coefficient (Wildman–Crippen LogP) is 4.82. The molecule has 2 N–H and O–H groups in total. The molecule has 0 radical (unpaired) electrons. The number of hydrogen-bond donors (Lipinski definition) is 2. The maximum absolute atomic E-state index is 12.7. The third-order valence-corrected chi connectivity index (χ3v) is 4.33. The first-order valence-corrected chi connectivity index (χ1v) is 8.90. The van der Waals surface area contributed by atoms with Gasteiger partial charge in [0.15, 0.2) is 0 Å². The van der Waals surface area contributed by atoms with Crippen LogP contribution in [0.4, 0.5) is 11.4 Å². The molecule has 5 heteroatoms. The molecule has 0 spiro atoms. The fourth-order valence-electron chi connectivity index (χ4n) is 2.70. The number of ether oxygens (including phenoxy) is 1. The van der Waals surface area contributed by atoms with E-state index in [0.717, 1.165) is 11.1 Å². The Hall–Kier alpha value is -3.60. The summed E-state index contributed by atoms with van der Waals surface area (Å²) in [6.07, 6.45) is 0. The number of anilines is 2. The first-order valence-electron chi connectivity index (χ1n) is 8.90. The second kappa shape index (κ2) is 8.39. The second-order valence-electron chi connectivity index (χ2n) is 6.56. The molecule has 142 valence electrons. The molecule has 0 aliphatic rings. The molecule has 3 aromatic carbocycles. The van der Waals surface area contributed by atoms with E-state index in [9.17, 15) is 9.59 Å². The number of methoxy groups -OCH3 is 1. The highest BCUT2D eigenvalue weighted by atomic mass is 16.5. The monoisotopic (exact) mass is 374 g/mol. The molecule has 2 amide bonds. The van der Waals surface area contributed by atoms with Gasteiger partial charge in [-0.1, -0.05) is 35.4 Å². The number of nitrogens with one attached hydrogen (secondary N) is 2. The summed E-state index contributed by atoms with van der Waals surface area (Å²) in [5, 5.41) is 5.67. The number of amides is 2. The maximum atomic E-state index is 12.7. The number of carbonyl (C=O) groups is 2. The van der Waals surface area contributed by atoms with Crippen molar-refractivity contribution >= 4 is 23.2 Å². The maximum Gasteiger partial charge on any atom is 0.259 e. The summed E-state index contributed by atoms with van der Waals surface area (Å²) in [5.41, 5.74) is 4.24. The normalized spacial score (nSPS) is 10.2. The van der Waals surface area contributed by atoms with Crippen molar-refractivity contribution in [2.45, 2.75) is 13.8 Å². The lowest BCUT2D eigenvalue weighted by Crippen LogP contribution is -2.16. The number of hydrogen-bond acceptors (Lipinski definition) is 3. The average molecular weight is 374 g/mol. The van der Waals surface area contributed by atoms with Gasteiger partial charge in [0, 0.05) is 16.9 Å². The van der Waals surface area contributed by atoms with Gasteiger partial charge in [-0.15, -0.1) is 0 Å². The molecular formula is C23H22N2O3. The number of carbonyl (C=O) groups excluding carboxylic acids is 2. The molecule has 0 aromatic heterocycles. The van der Waals surface area contributed by atoms with Crippen LogP contribution in [0.15, 0.2) is 66.7 Å². The molecule has 0 fully saturated rings. The molecule has 0 unspecified atom stereocenters. The summed E-state index contributed by atoms with van der Waals surface area (Å²) >= 11 is 0. The first kappa shape index (κ1) is 19.2. The molecule has 0 saturated heterocycles. The summed E-state index contributed by atoms with van der Waals surface area (Å²) in [6, 6.07) is 19.8. The molecule has 0 saturated carbocycles. The summed E-state index contributed by atoms with van der Waals surface area (Å²) in [6.45, 7) is 3.96. The minimum Gasteiger partial charge on any atom is -0.496 e. The van der Waals surface area contributed by atoms with Crippen LogP contribution < -0.4 is 15.4 Å². The zero-order chi connectivity index (χ0) is 20.1. The van der Waals surface area contributed by atoms with E-state index in [2.05, 4.69) is 10.6 Å². The van der Waals surface area contributed by atoms with Crippen LogP contribution >= 0.6 is 0 Å². The van der Waals surface area contributed by atoms with Crippen molar-refractivity contribution in [2.24, 2.45) is 0 Å². The highest BCUT2D eigenvalue weighted by Crippen LogP contribution is 2.22. The van der Waals surface area contributed by atoms with E-state index in [-0.39, 0.29) is 11.8 Å². The van der Waals surface area contributed by atoms with Gasteiger partial charge in [0.1, 0.15) is 5.75 Å². The Morgan fingerprint density at radius 3 is 1.71 bits per heavy atom. The van der Waals surface area contributed by atoms with Crippen molar-refractivity contribution in [1.29, 1.82) is 0 Å². The first-order chi connectivity index (χ1) is 13.5. The summed E-state index contributed by atoms with van der Waals surface area (Å²) in [4.78, 5) is 25.3. The van der Waals surface area contributed by atoms with Crippen molar-refractivity contribution in [2.75, 3.05) is 17.7 Å². The third-order valence-electron chi connectivity index (χ3n) is 4.33. The van der Waals surface area contributed by atoms with Crippen molar-refractivity contribution in [3.05, 3.63) is 89.0 Å². The minimum atomic E-state index is -0.342. The molecule has 0 aliphatic carbocycles. The Kier molecular flexibility index (Phi) is 5.75. The van der Waals surface area contributed by atoms with Crippen molar-refractivity contribution in [1.82, 2.24) is 0 Å². The highest BCUT2D eigenvalue weighted by Gasteiger charge is 2.16.